The minimum Gasteiger partial charge on any atom is -0.493 e. The molecule has 9 atom stereocenters. The van der Waals surface area contributed by atoms with Crippen LogP contribution in [0.3, 0.4) is 0 Å². The number of nitrogens with two attached hydrogens (primary N) is 3. The molecule has 2 heterocycles. The number of carbonyl (C=O) groups is 5. The second-order valence-corrected chi connectivity index (χ2v) is 23.7. The van der Waals surface area contributed by atoms with Gasteiger partial charge >= 0.3 is 7.12 Å². The molecule has 0 unspecified atom stereocenters. The number of nitrogens with zero attached hydrogens (tertiary/aromatic N) is 1. The summed E-state index contributed by atoms with van der Waals surface area (Å²) in [6.45, 7) is 14.4. The Labute approximate surface area is 459 Å². The van der Waals surface area contributed by atoms with Crippen LogP contribution in [0.1, 0.15) is 171 Å². The van der Waals surface area contributed by atoms with Gasteiger partial charge in [0.2, 0.25) is 11.8 Å². The van der Waals surface area contributed by atoms with Crippen LogP contribution in [0.15, 0.2) is 60.7 Å². The van der Waals surface area contributed by atoms with E-state index in [1.165, 1.54) is 42.6 Å². The Bertz CT molecular complexity index is 2500. The van der Waals surface area contributed by atoms with Gasteiger partial charge in [-0.05, 0) is 148 Å². The van der Waals surface area contributed by atoms with Gasteiger partial charge in [0.05, 0.1) is 31.0 Å². The summed E-state index contributed by atoms with van der Waals surface area (Å²) in [6, 6.07) is 16.7. The molecule has 14 nitrogen and oxygen atoms in total. The van der Waals surface area contributed by atoms with Crippen LogP contribution in [-0.2, 0) is 41.3 Å². The molecular formula is C62H90BN5O9. The lowest BCUT2D eigenvalue weighted by Gasteiger charge is -2.64. The zero-order chi connectivity index (χ0) is 55.4. The lowest BCUT2D eigenvalue weighted by Crippen LogP contribution is -2.65. The van der Waals surface area contributed by atoms with Gasteiger partial charge in [-0.25, -0.2) is 0 Å². The highest BCUT2D eigenvalue weighted by Crippen LogP contribution is 2.66. The lowest BCUT2D eigenvalue weighted by molar-refractivity contribution is -0.199. The van der Waals surface area contributed by atoms with Crippen LogP contribution in [-0.4, -0.2) is 98.8 Å². The fourth-order valence-corrected chi connectivity index (χ4v) is 12.7. The Morgan fingerprint density at radius 2 is 1.45 bits per heavy atom. The third-order valence-electron chi connectivity index (χ3n) is 17.6. The molecule has 2 amide bonds. The minimum atomic E-state index is -1.18. The van der Waals surface area contributed by atoms with E-state index >= 15 is 9.59 Å². The van der Waals surface area contributed by atoms with Gasteiger partial charge in [-0.3, -0.25) is 24.0 Å². The number of fused-ring (bicyclic) bond motifs is 5. The van der Waals surface area contributed by atoms with E-state index in [9.17, 15) is 14.4 Å². The third-order valence-corrected chi connectivity index (χ3v) is 17.6. The first-order valence-corrected chi connectivity index (χ1v) is 29.1. The number of Topliss-reactive ketones (excluding diaryl/α,β-unsaturated/α-hetero) is 3. The molecule has 15 heteroatoms. The lowest BCUT2D eigenvalue weighted by atomic mass is 9.43. The monoisotopic (exact) mass is 1060 g/mol. The Hall–Kier alpha value is -4.93. The Morgan fingerprint density at radius 3 is 2.12 bits per heavy atom. The van der Waals surface area contributed by atoms with E-state index in [-0.39, 0.29) is 66.3 Å². The molecule has 0 spiro atoms. The summed E-state index contributed by atoms with van der Waals surface area (Å²) >= 11 is 0. The highest BCUT2D eigenvalue weighted by molar-refractivity contribution is 6.47. The SMILES string of the molecule is CCCCCCCCc1ccc(C(=O)C[C@@H](CCCN)C(=O)N(C)[C@@H]2C(=O)C[C@@H](C)C(=O)N[C@H](C(=O)C[C@@H](C)B3O[C@@H]4C[C@@H]5C[C@@H](C5(C)C)[C@]4(C)O3)Cc3ccc(OCCCN)c(c3)-c3cc2ccc3OCCCN)cc1. The molecule has 420 valence electrons. The molecule has 3 aliphatic carbocycles. The first-order chi connectivity index (χ1) is 36.9. The number of ether oxygens (including phenoxy) is 2. The van der Waals surface area contributed by atoms with Gasteiger partial charge < -0.3 is 46.2 Å². The standard InChI is InChI=1S/C62H90BN5O9/c1-8-9-10-11-12-13-17-42-19-22-44(23-20-42)51(69)37-46(18-14-27-64)60(73)68(7)58-45-24-26-55(75-31-16-29-66)49(36-45)48-34-43(21-25-54(48)74-30-15-28-65)35-50(67-59(72)40(2)32-53(58)71)52(70)33-41(3)63-76-57-39-47-38-56(61(47,4)5)62(57,6)77-63/h19-26,34,36,40-41,46-47,50,56-58H,8-18,27-33,35,37-39,64-66H2,1-7H3,(H,67,72)/t40-,41-,46-,47+,50+,56+,57-,58+,62+/m1/s1. The molecule has 6 bridgehead atoms. The summed E-state index contributed by atoms with van der Waals surface area (Å²) in [7, 11) is 1.02. The number of benzene rings is 3. The number of aryl methyl sites for hydroxylation is 1. The predicted molar refractivity (Wildman–Crippen MR) is 304 cm³/mol. The van der Waals surface area contributed by atoms with Gasteiger partial charge in [-0.2, -0.15) is 0 Å². The average molecular weight is 1060 g/mol. The van der Waals surface area contributed by atoms with Gasteiger partial charge in [0, 0.05) is 54.8 Å². The van der Waals surface area contributed by atoms with Crippen molar-refractivity contribution in [1.82, 2.24) is 10.2 Å². The molecular weight excluding hydrogens is 970 g/mol. The Morgan fingerprint density at radius 1 is 0.805 bits per heavy atom. The van der Waals surface area contributed by atoms with Crippen molar-refractivity contribution in [3.05, 3.63) is 82.9 Å². The van der Waals surface area contributed by atoms with Crippen molar-refractivity contribution in [2.75, 3.05) is 39.9 Å². The summed E-state index contributed by atoms with van der Waals surface area (Å²) in [5.41, 5.74) is 21.8. The molecule has 0 aromatic heterocycles. The van der Waals surface area contributed by atoms with E-state index in [4.69, 9.17) is 36.0 Å². The van der Waals surface area contributed by atoms with Crippen molar-refractivity contribution >= 4 is 36.3 Å². The molecule has 3 saturated carbocycles. The summed E-state index contributed by atoms with van der Waals surface area (Å²) < 4.78 is 26.2. The van der Waals surface area contributed by atoms with Gasteiger partial charge in [0.1, 0.15) is 17.5 Å². The van der Waals surface area contributed by atoms with Crippen molar-refractivity contribution in [3.63, 3.8) is 0 Å². The zero-order valence-corrected chi connectivity index (χ0v) is 47.4. The number of amides is 2. The molecule has 1 saturated heterocycles. The summed E-state index contributed by atoms with van der Waals surface area (Å²) in [5.74, 6) is -1.57. The molecule has 4 fully saturated rings. The third kappa shape index (κ3) is 14.3. The molecule has 77 heavy (non-hydrogen) atoms. The van der Waals surface area contributed by atoms with E-state index in [2.05, 4.69) is 33.0 Å². The number of unbranched alkanes of at least 4 members (excludes halogenated alkanes) is 5. The van der Waals surface area contributed by atoms with Crippen molar-refractivity contribution in [2.45, 2.75) is 180 Å². The fourth-order valence-electron chi connectivity index (χ4n) is 12.7. The van der Waals surface area contributed by atoms with Crippen molar-refractivity contribution in [3.8, 4) is 22.6 Å². The first-order valence-electron chi connectivity index (χ1n) is 29.1. The molecule has 8 rings (SSSR count). The summed E-state index contributed by atoms with van der Waals surface area (Å²) in [5, 5.41) is 3.07. The van der Waals surface area contributed by atoms with Crippen molar-refractivity contribution in [2.24, 2.45) is 46.3 Å². The van der Waals surface area contributed by atoms with Gasteiger partial charge in [0.25, 0.3) is 0 Å². The smallest absolute Gasteiger partial charge is 0.461 e. The van der Waals surface area contributed by atoms with Crippen LogP contribution in [0.2, 0.25) is 5.82 Å². The first kappa shape index (κ1) is 59.7. The molecule has 0 radical (unpaired) electrons. The van der Waals surface area contributed by atoms with Crippen molar-refractivity contribution < 1.29 is 42.8 Å². The Balaban J connectivity index is 1.19. The van der Waals surface area contributed by atoms with Crippen LogP contribution in [0.4, 0.5) is 0 Å². The van der Waals surface area contributed by atoms with E-state index in [0.29, 0.717) is 104 Å². The number of likely N-dealkylation sites (N-methyl/N-ethyl adjacent to an activating group) is 1. The van der Waals surface area contributed by atoms with Crippen LogP contribution in [0.25, 0.3) is 11.1 Å². The number of hydrogen-bond acceptors (Lipinski definition) is 12. The maximum Gasteiger partial charge on any atom is 0.461 e. The van der Waals surface area contributed by atoms with E-state index in [1.807, 2.05) is 55.5 Å². The number of nitrogens with one attached hydrogen (secondary N) is 1. The number of hydrogen-bond donors (Lipinski definition) is 4. The quantitative estimate of drug-likeness (QED) is 0.0319. The molecule has 7 N–H and O–H groups in total. The number of ketones is 3. The summed E-state index contributed by atoms with van der Waals surface area (Å²) in [6.07, 6.45) is 12.1. The van der Waals surface area contributed by atoms with E-state index in [0.717, 1.165) is 31.2 Å². The second kappa shape index (κ2) is 27.3. The van der Waals surface area contributed by atoms with E-state index in [1.54, 1.807) is 26.1 Å². The Kier molecular flexibility index (Phi) is 21.2. The van der Waals surface area contributed by atoms with Gasteiger partial charge in [-0.15, -0.1) is 0 Å². The maximum absolute atomic E-state index is 15.1. The molecule has 5 aliphatic rings. The van der Waals surface area contributed by atoms with Crippen LogP contribution >= 0.6 is 0 Å². The maximum atomic E-state index is 15.1. The second-order valence-electron chi connectivity index (χ2n) is 23.7. The summed E-state index contributed by atoms with van der Waals surface area (Å²) in [4.78, 5) is 74.9. The van der Waals surface area contributed by atoms with Crippen LogP contribution in [0.5, 0.6) is 11.5 Å². The normalized spacial score (nSPS) is 24.4. The van der Waals surface area contributed by atoms with E-state index < -0.39 is 42.5 Å². The largest absolute Gasteiger partial charge is 0.493 e. The molecule has 3 aromatic rings. The number of carbonyl (C=O) groups excluding carboxylic acids is 5. The van der Waals surface area contributed by atoms with Crippen LogP contribution < -0.4 is 32.0 Å². The zero-order valence-electron chi connectivity index (χ0n) is 47.4. The van der Waals surface area contributed by atoms with Gasteiger partial charge in [0.15, 0.2) is 17.3 Å². The highest BCUT2D eigenvalue weighted by Gasteiger charge is 2.68. The van der Waals surface area contributed by atoms with Crippen LogP contribution in [0, 0.1) is 29.1 Å². The predicted octanol–water partition coefficient (Wildman–Crippen LogP) is 9.55. The molecule has 2 aliphatic heterocycles. The minimum absolute atomic E-state index is 0.0409. The topological polar surface area (TPSA) is 216 Å². The number of rotatable bonds is 27. The van der Waals surface area contributed by atoms with Crippen molar-refractivity contribution in [1.29, 1.82) is 0 Å². The highest BCUT2D eigenvalue weighted by atomic mass is 16.7. The molecule has 3 aromatic carbocycles. The van der Waals surface area contributed by atoms with Gasteiger partial charge in [-0.1, -0.05) is 103 Å². The fraction of sp³-hybridized carbons (Fsp3) is 0.629. The average Bonchev–Trinajstić information content (AvgIpc) is 4.00.